The van der Waals surface area contributed by atoms with Gasteiger partial charge in [0.05, 0.1) is 17.9 Å². The minimum atomic E-state index is -0.431. The van der Waals surface area contributed by atoms with E-state index in [2.05, 4.69) is 10.3 Å². The van der Waals surface area contributed by atoms with E-state index in [0.717, 1.165) is 0 Å². The number of aromatic nitrogens is 1. The Bertz CT molecular complexity index is 617. The summed E-state index contributed by atoms with van der Waals surface area (Å²) in [4.78, 5) is 15.9. The molecule has 0 saturated heterocycles. The molecule has 0 aliphatic rings. The predicted molar refractivity (Wildman–Crippen MR) is 74.8 cm³/mol. The van der Waals surface area contributed by atoms with Crippen LogP contribution in [-0.4, -0.2) is 17.5 Å². The molecule has 0 saturated carbocycles. The standard InChI is InChI=1S/C14H12ClFN2O2/c1-2-20-12-7-10(16)4-5-11(12)18-14(19)9-3-6-13(15)17-8-9/h3-8H,2H2,1H3,(H,18,19). The summed E-state index contributed by atoms with van der Waals surface area (Å²) in [6.07, 6.45) is 1.36. The summed E-state index contributed by atoms with van der Waals surface area (Å²) in [6, 6.07) is 6.98. The van der Waals surface area contributed by atoms with Crippen molar-refractivity contribution >= 4 is 23.2 Å². The third-order valence-corrected chi connectivity index (χ3v) is 2.70. The van der Waals surface area contributed by atoms with E-state index in [9.17, 15) is 9.18 Å². The lowest BCUT2D eigenvalue weighted by molar-refractivity contribution is 0.102. The number of halogens is 2. The Morgan fingerprint density at radius 2 is 2.20 bits per heavy atom. The number of pyridine rings is 1. The van der Waals surface area contributed by atoms with Gasteiger partial charge in [-0.05, 0) is 31.2 Å². The fourth-order valence-electron chi connectivity index (χ4n) is 1.58. The van der Waals surface area contributed by atoms with Gasteiger partial charge >= 0.3 is 0 Å². The van der Waals surface area contributed by atoms with Gasteiger partial charge < -0.3 is 10.1 Å². The van der Waals surface area contributed by atoms with Crippen LogP contribution in [0.4, 0.5) is 10.1 Å². The molecule has 0 bridgehead atoms. The van der Waals surface area contributed by atoms with E-state index in [1.807, 2.05) is 0 Å². The van der Waals surface area contributed by atoms with Crippen LogP contribution in [0.25, 0.3) is 0 Å². The van der Waals surface area contributed by atoms with E-state index in [-0.39, 0.29) is 11.7 Å². The first-order valence-electron chi connectivity index (χ1n) is 5.95. The van der Waals surface area contributed by atoms with Crippen LogP contribution >= 0.6 is 11.6 Å². The van der Waals surface area contributed by atoms with Gasteiger partial charge in [0.25, 0.3) is 5.91 Å². The molecule has 1 heterocycles. The van der Waals surface area contributed by atoms with Crippen molar-refractivity contribution in [2.75, 3.05) is 11.9 Å². The minimum Gasteiger partial charge on any atom is -0.492 e. The molecule has 2 rings (SSSR count). The van der Waals surface area contributed by atoms with Gasteiger partial charge in [-0.1, -0.05) is 11.6 Å². The van der Waals surface area contributed by atoms with Crippen LogP contribution in [-0.2, 0) is 0 Å². The Hall–Kier alpha value is -2.14. The lowest BCUT2D eigenvalue weighted by Crippen LogP contribution is -2.13. The molecule has 0 atom stereocenters. The maximum absolute atomic E-state index is 13.2. The van der Waals surface area contributed by atoms with Crippen LogP contribution < -0.4 is 10.1 Å². The number of nitrogens with one attached hydrogen (secondary N) is 1. The topological polar surface area (TPSA) is 51.2 Å². The summed E-state index contributed by atoms with van der Waals surface area (Å²) >= 11 is 5.66. The quantitative estimate of drug-likeness (QED) is 0.878. The Kier molecular flexibility index (Phi) is 4.53. The second-order valence-electron chi connectivity index (χ2n) is 3.90. The van der Waals surface area contributed by atoms with Crippen molar-refractivity contribution in [3.05, 3.63) is 53.1 Å². The molecule has 6 heteroatoms. The number of benzene rings is 1. The Morgan fingerprint density at radius 3 is 2.85 bits per heavy atom. The highest BCUT2D eigenvalue weighted by atomic mass is 35.5. The molecule has 0 aliphatic heterocycles. The van der Waals surface area contributed by atoms with Crippen molar-refractivity contribution in [3.8, 4) is 5.75 Å². The number of rotatable bonds is 4. The highest BCUT2D eigenvalue weighted by Crippen LogP contribution is 2.26. The second kappa shape index (κ2) is 6.34. The van der Waals surface area contributed by atoms with Crippen LogP contribution in [0.2, 0.25) is 5.15 Å². The van der Waals surface area contributed by atoms with Gasteiger partial charge in [0, 0.05) is 12.3 Å². The molecule has 0 unspecified atom stereocenters. The van der Waals surface area contributed by atoms with Gasteiger partial charge in [0.1, 0.15) is 16.7 Å². The van der Waals surface area contributed by atoms with Crippen molar-refractivity contribution < 1.29 is 13.9 Å². The molecule has 104 valence electrons. The molecule has 1 aromatic carbocycles. The SMILES string of the molecule is CCOc1cc(F)ccc1NC(=O)c1ccc(Cl)nc1. The molecule has 1 aromatic heterocycles. The largest absolute Gasteiger partial charge is 0.492 e. The number of ether oxygens (including phenoxy) is 1. The monoisotopic (exact) mass is 294 g/mol. The number of carbonyl (C=O) groups excluding carboxylic acids is 1. The summed E-state index contributed by atoms with van der Waals surface area (Å²) in [6.45, 7) is 2.15. The molecule has 1 N–H and O–H groups in total. The average molecular weight is 295 g/mol. The first-order valence-corrected chi connectivity index (χ1v) is 6.33. The number of carbonyl (C=O) groups is 1. The zero-order valence-corrected chi connectivity index (χ0v) is 11.4. The Labute approximate surface area is 120 Å². The number of nitrogens with zero attached hydrogens (tertiary/aromatic N) is 1. The van der Waals surface area contributed by atoms with Gasteiger partial charge in [0.15, 0.2) is 0 Å². The smallest absolute Gasteiger partial charge is 0.257 e. The lowest BCUT2D eigenvalue weighted by atomic mass is 10.2. The zero-order chi connectivity index (χ0) is 14.5. The molecule has 1 amide bonds. The van der Waals surface area contributed by atoms with Gasteiger partial charge in [-0.15, -0.1) is 0 Å². The number of hydrogen-bond donors (Lipinski definition) is 1. The van der Waals surface area contributed by atoms with E-state index in [1.165, 1.54) is 30.5 Å². The van der Waals surface area contributed by atoms with Gasteiger partial charge in [-0.25, -0.2) is 9.37 Å². The first-order chi connectivity index (χ1) is 9.60. The average Bonchev–Trinajstić information content (AvgIpc) is 2.43. The van der Waals surface area contributed by atoms with E-state index < -0.39 is 5.82 Å². The van der Waals surface area contributed by atoms with Crippen LogP contribution in [0.5, 0.6) is 5.75 Å². The molecule has 0 radical (unpaired) electrons. The van der Waals surface area contributed by atoms with Crippen molar-refractivity contribution in [1.82, 2.24) is 4.98 Å². The van der Waals surface area contributed by atoms with Crippen molar-refractivity contribution in [3.63, 3.8) is 0 Å². The molecular weight excluding hydrogens is 283 g/mol. The fraction of sp³-hybridized carbons (Fsp3) is 0.143. The van der Waals surface area contributed by atoms with E-state index in [0.29, 0.717) is 23.0 Å². The molecule has 0 fully saturated rings. The number of amides is 1. The second-order valence-corrected chi connectivity index (χ2v) is 4.28. The summed E-state index contributed by atoms with van der Waals surface area (Å²) in [7, 11) is 0. The van der Waals surface area contributed by atoms with Crippen molar-refractivity contribution in [2.45, 2.75) is 6.92 Å². The minimum absolute atomic E-state index is 0.280. The summed E-state index contributed by atoms with van der Waals surface area (Å²) < 4.78 is 18.4. The molecule has 2 aromatic rings. The van der Waals surface area contributed by atoms with Crippen LogP contribution in [0.15, 0.2) is 36.5 Å². The van der Waals surface area contributed by atoms with Gasteiger partial charge in [-0.2, -0.15) is 0 Å². The molecule has 0 spiro atoms. The third kappa shape index (κ3) is 3.45. The summed E-state index contributed by atoms with van der Waals surface area (Å²) in [5, 5.41) is 2.95. The Morgan fingerprint density at radius 1 is 1.40 bits per heavy atom. The highest BCUT2D eigenvalue weighted by Gasteiger charge is 2.11. The molecule has 20 heavy (non-hydrogen) atoms. The summed E-state index contributed by atoms with van der Waals surface area (Å²) in [5.41, 5.74) is 0.745. The predicted octanol–water partition coefficient (Wildman–Crippen LogP) is 3.53. The summed E-state index contributed by atoms with van der Waals surface area (Å²) in [5.74, 6) is -0.524. The lowest BCUT2D eigenvalue weighted by Gasteiger charge is -2.11. The normalized spacial score (nSPS) is 10.2. The molecule has 4 nitrogen and oxygen atoms in total. The third-order valence-electron chi connectivity index (χ3n) is 2.48. The van der Waals surface area contributed by atoms with E-state index in [1.54, 1.807) is 13.0 Å². The first kappa shape index (κ1) is 14.3. The van der Waals surface area contributed by atoms with Crippen molar-refractivity contribution in [2.24, 2.45) is 0 Å². The van der Waals surface area contributed by atoms with Gasteiger partial charge in [0.2, 0.25) is 0 Å². The van der Waals surface area contributed by atoms with Crippen LogP contribution in [0.3, 0.4) is 0 Å². The van der Waals surface area contributed by atoms with E-state index in [4.69, 9.17) is 16.3 Å². The number of hydrogen-bond acceptors (Lipinski definition) is 3. The highest BCUT2D eigenvalue weighted by molar-refractivity contribution is 6.29. The van der Waals surface area contributed by atoms with Crippen molar-refractivity contribution in [1.29, 1.82) is 0 Å². The molecular formula is C14H12ClFN2O2. The Balaban J connectivity index is 2.21. The van der Waals surface area contributed by atoms with Crippen LogP contribution in [0, 0.1) is 5.82 Å². The zero-order valence-electron chi connectivity index (χ0n) is 10.7. The number of anilines is 1. The molecule has 0 aliphatic carbocycles. The van der Waals surface area contributed by atoms with E-state index >= 15 is 0 Å². The maximum Gasteiger partial charge on any atom is 0.257 e. The maximum atomic E-state index is 13.2. The van der Waals surface area contributed by atoms with Gasteiger partial charge in [-0.3, -0.25) is 4.79 Å². The van der Waals surface area contributed by atoms with Crippen LogP contribution in [0.1, 0.15) is 17.3 Å². The fourth-order valence-corrected chi connectivity index (χ4v) is 1.69.